The molecule has 2 aromatic rings. The SMILES string of the molecule is Cc1ccc(NC(N)=NCc2ccc(C)c(F)c2)cc1. The van der Waals surface area contributed by atoms with E-state index < -0.39 is 0 Å². The first-order valence-electron chi connectivity index (χ1n) is 6.43. The Kier molecular flexibility index (Phi) is 4.35. The summed E-state index contributed by atoms with van der Waals surface area (Å²) in [5.74, 6) is 0.0950. The van der Waals surface area contributed by atoms with Crippen LogP contribution in [0.5, 0.6) is 0 Å². The molecule has 20 heavy (non-hydrogen) atoms. The predicted octanol–water partition coefficient (Wildman–Crippen LogP) is 3.37. The molecule has 0 saturated heterocycles. The van der Waals surface area contributed by atoms with E-state index in [1.807, 2.05) is 37.3 Å². The Morgan fingerprint density at radius 2 is 1.85 bits per heavy atom. The molecule has 3 nitrogen and oxygen atoms in total. The minimum atomic E-state index is -0.220. The molecule has 0 aliphatic rings. The van der Waals surface area contributed by atoms with Crippen LogP contribution < -0.4 is 11.1 Å². The molecule has 0 heterocycles. The van der Waals surface area contributed by atoms with Crippen LogP contribution in [0.25, 0.3) is 0 Å². The van der Waals surface area contributed by atoms with Crippen molar-refractivity contribution in [3.05, 3.63) is 65.0 Å². The van der Waals surface area contributed by atoms with Crippen molar-refractivity contribution < 1.29 is 4.39 Å². The summed E-state index contributed by atoms with van der Waals surface area (Å²) in [6.07, 6.45) is 0. The Morgan fingerprint density at radius 1 is 1.15 bits per heavy atom. The number of halogens is 1. The third-order valence-corrected chi connectivity index (χ3v) is 2.99. The predicted molar refractivity (Wildman–Crippen MR) is 81.3 cm³/mol. The van der Waals surface area contributed by atoms with Crippen molar-refractivity contribution in [2.24, 2.45) is 10.7 Å². The summed E-state index contributed by atoms with van der Waals surface area (Å²) in [5.41, 5.74) is 9.29. The number of nitrogens with two attached hydrogens (primary N) is 1. The maximum atomic E-state index is 13.4. The van der Waals surface area contributed by atoms with Gasteiger partial charge in [-0.3, -0.25) is 0 Å². The molecule has 0 unspecified atom stereocenters. The minimum Gasteiger partial charge on any atom is -0.370 e. The van der Waals surface area contributed by atoms with Gasteiger partial charge in [0.15, 0.2) is 5.96 Å². The number of guanidine groups is 1. The second kappa shape index (κ2) is 6.19. The van der Waals surface area contributed by atoms with Gasteiger partial charge in [-0.25, -0.2) is 9.38 Å². The van der Waals surface area contributed by atoms with Gasteiger partial charge in [0, 0.05) is 5.69 Å². The molecule has 0 aliphatic carbocycles. The molecular weight excluding hydrogens is 253 g/mol. The van der Waals surface area contributed by atoms with Crippen LogP contribution in [0.2, 0.25) is 0 Å². The molecule has 0 aromatic heterocycles. The molecule has 0 bridgehead atoms. The van der Waals surface area contributed by atoms with Gasteiger partial charge >= 0.3 is 0 Å². The summed E-state index contributed by atoms with van der Waals surface area (Å²) in [4.78, 5) is 4.20. The molecule has 3 N–H and O–H groups in total. The van der Waals surface area contributed by atoms with Crippen LogP contribution in [-0.4, -0.2) is 5.96 Å². The lowest BCUT2D eigenvalue weighted by atomic mass is 10.1. The Labute approximate surface area is 118 Å². The Hall–Kier alpha value is -2.36. The fourth-order valence-corrected chi connectivity index (χ4v) is 1.74. The molecule has 2 rings (SSSR count). The molecule has 0 aliphatic heterocycles. The number of aliphatic imine (C=N–C) groups is 1. The Balaban J connectivity index is 1.99. The monoisotopic (exact) mass is 271 g/mol. The number of benzene rings is 2. The number of nitrogens with zero attached hydrogens (tertiary/aromatic N) is 1. The zero-order valence-corrected chi connectivity index (χ0v) is 11.7. The van der Waals surface area contributed by atoms with Crippen molar-refractivity contribution in [1.29, 1.82) is 0 Å². The number of nitrogens with one attached hydrogen (secondary N) is 1. The summed E-state index contributed by atoms with van der Waals surface area (Å²) in [7, 11) is 0. The molecule has 104 valence electrons. The first kappa shape index (κ1) is 14.1. The van der Waals surface area contributed by atoms with Crippen LogP contribution in [0.15, 0.2) is 47.5 Å². The number of hydrogen-bond acceptors (Lipinski definition) is 1. The van der Waals surface area contributed by atoms with Crippen LogP contribution in [0, 0.1) is 19.7 Å². The maximum absolute atomic E-state index is 13.4. The van der Waals surface area contributed by atoms with E-state index in [-0.39, 0.29) is 5.82 Å². The number of anilines is 1. The third kappa shape index (κ3) is 3.82. The average Bonchev–Trinajstić information content (AvgIpc) is 2.43. The van der Waals surface area contributed by atoms with Gasteiger partial charge in [-0.1, -0.05) is 29.8 Å². The van der Waals surface area contributed by atoms with Gasteiger partial charge in [0.2, 0.25) is 0 Å². The van der Waals surface area contributed by atoms with Gasteiger partial charge in [0.05, 0.1) is 6.54 Å². The van der Waals surface area contributed by atoms with Crippen LogP contribution in [0.1, 0.15) is 16.7 Å². The number of aryl methyl sites for hydroxylation is 2. The van der Waals surface area contributed by atoms with Crippen molar-refractivity contribution in [2.75, 3.05) is 5.32 Å². The van der Waals surface area contributed by atoms with Crippen LogP contribution in [0.4, 0.5) is 10.1 Å². The molecule has 0 saturated carbocycles. The third-order valence-electron chi connectivity index (χ3n) is 2.99. The van der Waals surface area contributed by atoms with Crippen molar-refractivity contribution in [2.45, 2.75) is 20.4 Å². The summed E-state index contributed by atoms with van der Waals surface area (Å²) >= 11 is 0. The molecule has 4 heteroatoms. The first-order chi connectivity index (χ1) is 9.54. The van der Waals surface area contributed by atoms with Crippen molar-refractivity contribution in [3.63, 3.8) is 0 Å². The summed E-state index contributed by atoms with van der Waals surface area (Å²) in [5, 5.41) is 3.00. The lowest BCUT2D eigenvalue weighted by molar-refractivity contribution is 0.616. The Bertz CT molecular complexity index is 618. The largest absolute Gasteiger partial charge is 0.370 e. The van der Waals surface area contributed by atoms with Crippen molar-refractivity contribution in [3.8, 4) is 0 Å². The lowest BCUT2D eigenvalue weighted by Crippen LogP contribution is -2.22. The highest BCUT2D eigenvalue weighted by Crippen LogP contribution is 2.11. The van der Waals surface area contributed by atoms with Gasteiger partial charge in [-0.05, 0) is 43.2 Å². The van der Waals surface area contributed by atoms with Gasteiger partial charge in [-0.15, -0.1) is 0 Å². The van der Waals surface area contributed by atoms with E-state index in [4.69, 9.17) is 5.73 Å². The molecule has 0 spiro atoms. The second-order valence-electron chi connectivity index (χ2n) is 4.78. The smallest absolute Gasteiger partial charge is 0.193 e. The second-order valence-corrected chi connectivity index (χ2v) is 4.78. The van der Waals surface area contributed by atoms with E-state index in [1.165, 1.54) is 11.6 Å². The zero-order chi connectivity index (χ0) is 14.5. The first-order valence-corrected chi connectivity index (χ1v) is 6.43. The molecule has 0 radical (unpaired) electrons. The van der Waals surface area contributed by atoms with Crippen molar-refractivity contribution >= 4 is 11.6 Å². The zero-order valence-electron chi connectivity index (χ0n) is 11.7. The van der Waals surface area contributed by atoms with Crippen LogP contribution >= 0.6 is 0 Å². The standard InChI is InChI=1S/C16H18FN3/c1-11-3-7-14(8-4-11)20-16(18)19-10-13-6-5-12(2)15(17)9-13/h3-9H,10H2,1-2H3,(H3,18,19,20). The van der Waals surface area contributed by atoms with Crippen LogP contribution in [-0.2, 0) is 6.54 Å². The van der Waals surface area contributed by atoms with Gasteiger partial charge in [0.25, 0.3) is 0 Å². The van der Waals surface area contributed by atoms with E-state index in [9.17, 15) is 4.39 Å². The van der Waals surface area contributed by atoms with E-state index >= 15 is 0 Å². The van der Waals surface area contributed by atoms with Crippen molar-refractivity contribution in [1.82, 2.24) is 0 Å². The van der Waals surface area contributed by atoms with E-state index in [2.05, 4.69) is 10.3 Å². The van der Waals surface area contributed by atoms with E-state index in [0.717, 1.165) is 11.3 Å². The summed E-state index contributed by atoms with van der Waals surface area (Å²) < 4.78 is 13.4. The normalized spacial score (nSPS) is 11.4. The highest BCUT2D eigenvalue weighted by atomic mass is 19.1. The molecular formula is C16H18FN3. The summed E-state index contributed by atoms with van der Waals surface area (Å²) in [6, 6.07) is 12.9. The minimum absolute atomic E-state index is 0.220. The van der Waals surface area contributed by atoms with E-state index in [0.29, 0.717) is 18.1 Å². The van der Waals surface area contributed by atoms with Gasteiger partial charge in [-0.2, -0.15) is 0 Å². The fraction of sp³-hybridized carbons (Fsp3) is 0.188. The maximum Gasteiger partial charge on any atom is 0.193 e. The molecule has 0 atom stereocenters. The number of hydrogen-bond donors (Lipinski definition) is 2. The van der Waals surface area contributed by atoms with E-state index in [1.54, 1.807) is 13.0 Å². The Morgan fingerprint density at radius 3 is 2.50 bits per heavy atom. The molecule has 0 amide bonds. The lowest BCUT2D eigenvalue weighted by Gasteiger charge is -2.06. The van der Waals surface area contributed by atoms with Gasteiger partial charge in [0.1, 0.15) is 5.82 Å². The number of rotatable bonds is 3. The molecule has 0 fully saturated rings. The topological polar surface area (TPSA) is 50.4 Å². The summed E-state index contributed by atoms with van der Waals surface area (Å²) in [6.45, 7) is 4.10. The highest BCUT2D eigenvalue weighted by molar-refractivity contribution is 5.92. The van der Waals surface area contributed by atoms with Gasteiger partial charge < -0.3 is 11.1 Å². The van der Waals surface area contributed by atoms with Crippen LogP contribution in [0.3, 0.4) is 0 Å². The molecule has 2 aromatic carbocycles. The fourth-order valence-electron chi connectivity index (χ4n) is 1.74. The quantitative estimate of drug-likeness (QED) is 0.664. The highest BCUT2D eigenvalue weighted by Gasteiger charge is 1.99. The average molecular weight is 271 g/mol.